The minimum absolute atomic E-state index is 0.220. The smallest absolute Gasteiger partial charge is 0.332 e. The molecule has 0 N–H and O–H groups in total. The summed E-state index contributed by atoms with van der Waals surface area (Å²) in [5.41, 5.74) is 1.58. The number of pyridine rings is 1. The van der Waals surface area contributed by atoms with Crippen LogP contribution in [0.1, 0.15) is 24.3 Å². The Morgan fingerprint density at radius 1 is 1.25 bits per heavy atom. The summed E-state index contributed by atoms with van der Waals surface area (Å²) in [6, 6.07) is 13.6. The Kier molecular flexibility index (Phi) is 7.21. The monoisotopic (exact) mass is 349 g/mol. The highest BCUT2D eigenvalue weighted by molar-refractivity contribution is 7.98. The second-order valence-electron chi connectivity index (χ2n) is 5.18. The number of aromatic nitrogens is 1. The lowest BCUT2D eigenvalue weighted by atomic mass is 10.1. The normalized spacial score (nSPS) is 13.3. The molecule has 128 valence electrons. The molecule has 1 heterocycles. The molecular weight excluding hydrogens is 329 g/mol. The zero-order valence-electron chi connectivity index (χ0n) is 13.6. The molecule has 0 radical (unpaired) electrons. The van der Waals surface area contributed by atoms with E-state index in [1.54, 1.807) is 12.3 Å². The molecule has 0 aliphatic heterocycles. The highest BCUT2D eigenvalue weighted by Crippen LogP contribution is 2.32. The van der Waals surface area contributed by atoms with E-state index in [9.17, 15) is 9.18 Å². The van der Waals surface area contributed by atoms with Crippen LogP contribution in [0.5, 0.6) is 0 Å². The zero-order chi connectivity index (χ0) is 17.4. The van der Waals surface area contributed by atoms with Gasteiger partial charge in [0.2, 0.25) is 0 Å². The maximum absolute atomic E-state index is 14.0. The minimum atomic E-state index is -1.38. The summed E-state index contributed by atoms with van der Waals surface area (Å²) in [5, 5.41) is 0. The lowest BCUT2D eigenvalue weighted by Gasteiger charge is -2.20. The standard InChI is InChI=1S/C18H20FNO3S/c1-13(19)18(23-16(21)11-22-2)17-15(9-6-10-20-17)24-12-14-7-4-3-5-8-14/h3-10,13,18H,11-12H2,1-2H3. The lowest BCUT2D eigenvalue weighted by Crippen LogP contribution is -2.22. The van der Waals surface area contributed by atoms with Crippen LogP contribution in [-0.4, -0.2) is 30.8 Å². The van der Waals surface area contributed by atoms with E-state index in [0.717, 1.165) is 16.2 Å². The fourth-order valence-corrected chi connectivity index (χ4v) is 3.14. The van der Waals surface area contributed by atoms with Gasteiger partial charge in [0.15, 0.2) is 6.10 Å². The molecule has 0 saturated heterocycles. The van der Waals surface area contributed by atoms with Gasteiger partial charge in [0.1, 0.15) is 12.8 Å². The number of alkyl halides is 1. The van der Waals surface area contributed by atoms with Crippen molar-refractivity contribution in [1.82, 2.24) is 4.98 Å². The number of rotatable bonds is 8. The molecule has 0 spiro atoms. The number of nitrogens with zero attached hydrogens (tertiary/aromatic N) is 1. The number of methoxy groups -OCH3 is 1. The van der Waals surface area contributed by atoms with E-state index in [0.29, 0.717) is 5.69 Å². The van der Waals surface area contributed by atoms with E-state index >= 15 is 0 Å². The van der Waals surface area contributed by atoms with Gasteiger partial charge in [0, 0.05) is 24.0 Å². The highest BCUT2D eigenvalue weighted by atomic mass is 32.2. The van der Waals surface area contributed by atoms with Crippen molar-refractivity contribution in [3.63, 3.8) is 0 Å². The summed E-state index contributed by atoms with van der Waals surface area (Å²) >= 11 is 1.53. The van der Waals surface area contributed by atoms with Crippen molar-refractivity contribution in [3.8, 4) is 0 Å². The Morgan fingerprint density at radius 3 is 2.67 bits per heavy atom. The third-order valence-corrected chi connectivity index (χ3v) is 4.38. The molecule has 0 aliphatic carbocycles. The molecule has 0 amide bonds. The molecule has 2 rings (SSSR count). The fourth-order valence-electron chi connectivity index (χ4n) is 2.13. The van der Waals surface area contributed by atoms with Crippen molar-refractivity contribution < 1.29 is 18.7 Å². The molecule has 1 aromatic heterocycles. The van der Waals surface area contributed by atoms with Gasteiger partial charge in [-0.25, -0.2) is 9.18 Å². The molecule has 0 aliphatic rings. The van der Waals surface area contributed by atoms with Gasteiger partial charge < -0.3 is 9.47 Å². The molecule has 0 fully saturated rings. The Hall–Kier alpha value is -1.92. The van der Waals surface area contributed by atoms with Crippen LogP contribution in [0.2, 0.25) is 0 Å². The van der Waals surface area contributed by atoms with Gasteiger partial charge in [0.05, 0.1) is 5.69 Å². The summed E-state index contributed by atoms with van der Waals surface area (Å²) in [5.74, 6) is 0.107. The number of halogens is 1. The second-order valence-corrected chi connectivity index (χ2v) is 6.20. The Balaban J connectivity index is 2.16. The number of carbonyl (C=O) groups excluding carboxylic acids is 1. The topological polar surface area (TPSA) is 48.4 Å². The van der Waals surface area contributed by atoms with Crippen molar-refractivity contribution in [2.45, 2.75) is 29.8 Å². The fraction of sp³-hybridized carbons (Fsp3) is 0.333. The van der Waals surface area contributed by atoms with Gasteiger partial charge in [-0.2, -0.15) is 0 Å². The first-order valence-electron chi connectivity index (χ1n) is 7.56. The van der Waals surface area contributed by atoms with Crippen molar-refractivity contribution >= 4 is 17.7 Å². The van der Waals surface area contributed by atoms with Crippen LogP contribution in [0.15, 0.2) is 53.6 Å². The second kappa shape index (κ2) is 9.39. The molecule has 1 aromatic carbocycles. The van der Waals surface area contributed by atoms with Gasteiger partial charge in [-0.15, -0.1) is 11.8 Å². The average Bonchev–Trinajstić information content (AvgIpc) is 2.59. The number of esters is 1. The number of hydrogen-bond acceptors (Lipinski definition) is 5. The van der Waals surface area contributed by atoms with Crippen LogP contribution >= 0.6 is 11.8 Å². The Bertz CT molecular complexity index is 652. The molecule has 2 aromatic rings. The maximum Gasteiger partial charge on any atom is 0.332 e. The van der Waals surface area contributed by atoms with Crippen LogP contribution in [0.3, 0.4) is 0 Å². The van der Waals surface area contributed by atoms with Crippen LogP contribution in [0.4, 0.5) is 4.39 Å². The number of hydrogen-bond donors (Lipinski definition) is 0. The van der Waals surface area contributed by atoms with E-state index in [-0.39, 0.29) is 6.61 Å². The van der Waals surface area contributed by atoms with Gasteiger partial charge in [-0.3, -0.25) is 4.98 Å². The molecule has 0 saturated carbocycles. The van der Waals surface area contributed by atoms with E-state index in [1.165, 1.54) is 25.8 Å². The van der Waals surface area contributed by atoms with Gasteiger partial charge in [-0.05, 0) is 24.6 Å². The summed E-state index contributed by atoms with van der Waals surface area (Å²) in [6.07, 6.45) is -0.856. The molecule has 0 bridgehead atoms. The van der Waals surface area contributed by atoms with Crippen LogP contribution in [0.25, 0.3) is 0 Å². The third-order valence-electron chi connectivity index (χ3n) is 3.24. The van der Waals surface area contributed by atoms with Crippen LogP contribution in [-0.2, 0) is 20.0 Å². The van der Waals surface area contributed by atoms with Crippen molar-refractivity contribution in [3.05, 3.63) is 59.9 Å². The van der Waals surface area contributed by atoms with Crippen LogP contribution < -0.4 is 0 Å². The molecule has 2 atom stereocenters. The largest absolute Gasteiger partial charge is 0.451 e. The average molecular weight is 349 g/mol. The summed E-state index contributed by atoms with van der Waals surface area (Å²) in [7, 11) is 1.39. The maximum atomic E-state index is 14.0. The number of carbonyl (C=O) groups is 1. The summed E-state index contributed by atoms with van der Waals surface area (Å²) < 4.78 is 24.0. The molecule has 2 unspecified atom stereocenters. The SMILES string of the molecule is COCC(=O)OC(c1ncccc1SCc1ccccc1)C(C)F. The number of thioether (sulfide) groups is 1. The molecule has 4 nitrogen and oxygen atoms in total. The lowest BCUT2D eigenvalue weighted by molar-refractivity contribution is -0.157. The van der Waals surface area contributed by atoms with Crippen molar-refractivity contribution in [1.29, 1.82) is 0 Å². The van der Waals surface area contributed by atoms with E-state index in [1.807, 2.05) is 36.4 Å². The first-order chi connectivity index (χ1) is 11.6. The molecule has 24 heavy (non-hydrogen) atoms. The third kappa shape index (κ3) is 5.32. The summed E-state index contributed by atoms with van der Waals surface area (Å²) in [6.45, 7) is 1.13. The molecule has 6 heteroatoms. The number of ether oxygens (including phenoxy) is 2. The Morgan fingerprint density at radius 2 is 2.00 bits per heavy atom. The van der Waals surface area contributed by atoms with Crippen molar-refractivity contribution in [2.75, 3.05) is 13.7 Å². The van der Waals surface area contributed by atoms with Gasteiger partial charge in [-0.1, -0.05) is 30.3 Å². The van der Waals surface area contributed by atoms with E-state index in [2.05, 4.69) is 4.98 Å². The quantitative estimate of drug-likeness (QED) is 0.533. The molecular formula is C18H20FNO3S. The summed E-state index contributed by atoms with van der Waals surface area (Å²) in [4.78, 5) is 16.7. The van der Waals surface area contributed by atoms with E-state index < -0.39 is 18.2 Å². The highest BCUT2D eigenvalue weighted by Gasteiger charge is 2.27. The predicted molar refractivity (Wildman–Crippen MR) is 91.5 cm³/mol. The van der Waals surface area contributed by atoms with Gasteiger partial charge in [0.25, 0.3) is 0 Å². The first kappa shape index (κ1) is 18.4. The van der Waals surface area contributed by atoms with Crippen LogP contribution in [0, 0.1) is 0 Å². The number of benzene rings is 1. The van der Waals surface area contributed by atoms with Crippen molar-refractivity contribution in [2.24, 2.45) is 0 Å². The zero-order valence-corrected chi connectivity index (χ0v) is 14.5. The Labute approximate surface area is 145 Å². The van der Waals surface area contributed by atoms with Gasteiger partial charge >= 0.3 is 5.97 Å². The van der Waals surface area contributed by atoms with E-state index in [4.69, 9.17) is 9.47 Å². The first-order valence-corrected chi connectivity index (χ1v) is 8.54. The minimum Gasteiger partial charge on any atom is -0.451 e. The predicted octanol–water partition coefficient (Wildman–Crippen LogP) is 3.96.